The van der Waals surface area contributed by atoms with Crippen LogP contribution >= 0.6 is 0 Å². The van der Waals surface area contributed by atoms with Crippen molar-refractivity contribution in [1.82, 2.24) is 9.88 Å². The summed E-state index contributed by atoms with van der Waals surface area (Å²) in [6.07, 6.45) is -2.23. The van der Waals surface area contributed by atoms with Gasteiger partial charge in [-0.25, -0.2) is 4.79 Å². The summed E-state index contributed by atoms with van der Waals surface area (Å²) < 4.78 is 49.1. The largest absolute Gasteiger partial charge is 0.496 e. The van der Waals surface area contributed by atoms with Gasteiger partial charge in [0.25, 0.3) is 0 Å². The Bertz CT molecular complexity index is 1160. The van der Waals surface area contributed by atoms with Crippen LogP contribution in [0.15, 0.2) is 42.6 Å². The third-order valence-electron chi connectivity index (χ3n) is 6.38. The van der Waals surface area contributed by atoms with Gasteiger partial charge in [-0.2, -0.15) is 13.2 Å². The predicted molar refractivity (Wildman–Crippen MR) is 121 cm³/mol. The molecule has 2 heterocycles. The number of aromatic nitrogens is 1. The molecule has 0 radical (unpaired) electrons. The van der Waals surface area contributed by atoms with Gasteiger partial charge in [-0.1, -0.05) is 12.1 Å². The number of alkyl halides is 3. The molecule has 2 aromatic carbocycles. The fourth-order valence-electron chi connectivity index (χ4n) is 4.71. The molecular formula is C25H27F3N2O4. The highest BCUT2D eigenvalue weighted by molar-refractivity contribution is 5.88. The normalized spacial score (nSPS) is 19.4. The number of fused-ring (bicyclic) bond motifs is 1. The van der Waals surface area contributed by atoms with Crippen LogP contribution in [0.25, 0.3) is 10.9 Å². The lowest BCUT2D eigenvalue weighted by molar-refractivity contribution is -0.191. The van der Waals surface area contributed by atoms with Gasteiger partial charge in [0, 0.05) is 41.8 Å². The van der Waals surface area contributed by atoms with Gasteiger partial charge in [-0.05, 0) is 55.2 Å². The Kier molecular flexibility index (Phi) is 6.86. The maximum absolute atomic E-state index is 12.7. The first kappa shape index (κ1) is 24.1. The highest BCUT2D eigenvalue weighted by Crippen LogP contribution is 2.38. The van der Waals surface area contributed by atoms with Crippen molar-refractivity contribution >= 4 is 16.9 Å². The molecule has 1 fully saturated rings. The van der Waals surface area contributed by atoms with Crippen LogP contribution in [-0.2, 0) is 11.3 Å². The van der Waals surface area contributed by atoms with Gasteiger partial charge in [-0.15, -0.1) is 0 Å². The summed E-state index contributed by atoms with van der Waals surface area (Å²) in [6, 6.07) is 10.2. The number of nitrogens with zero attached hydrogens (tertiary/aromatic N) is 1. The Labute approximate surface area is 195 Å². The van der Waals surface area contributed by atoms with E-state index in [2.05, 4.69) is 9.88 Å². The summed E-state index contributed by atoms with van der Waals surface area (Å²) in [5.41, 5.74) is 4.06. The number of hydrogen-bond donors (Lipinski definition) is 2. The zero-order valence-electron chi connectivity index (χ0n) is 19.0. The minimum absolute atomic E-state index is 0.158. The standard InChI is InChI=1S/C25H27F3N2O4/c1-15-11-22(33-2)20(19-7-9-29-23(15)19)13-30-10-8-18(34-14-25(26,27)28)12-21(30)16-3-5-17(6-4-16)24(31)32/h3-7,9,11,18,21,29H,8,10,12-14H2,1-2H3,(H,31,32)/t18-,21-/m1/s1. The topological polar surface area (TPSA) is 74.8 Å². The molecule has 0 amide bonds. The minimum Gasteiger partial charge on any atom is -0.496 e. The van der Waals surface area contributed by atoms with Crippen LogP contribution in [0.5, 0.6) is 5.75 Å². The molecule has 1 aliphatic rings. The number of H-pyrrole nitrogens is 1. The summed E-state index contributed by atoms with van der Waals surface area (Å²) in [5, 5.41) is 10.3. The Balaban J connectivity index is 1.65. The molecule has 4 rings (SSSR count). The molecule has 182 valence electrons. The molecule has 2 atom stereocenters. The van der Waals surface area contributed by atoms with Gasteiger partial charge >= 0.3 is 12.1 Å². The molecule has 2 N–H and O–H groups in total. The van der Waals surface area contributed by atoms with Crippen molar-refractivity contribution in [3.63, 3.8) is 0 Å². The molecule has 0 bridgehead atoms. The second-order valence-electron chi connectivity index (χ2n) is 8.63. The van der Waals surface area contributed by atoms with E-state index in [1.165, 1.54) is 12.1 Å². The lowest BCUT2D eigenvalue weighted by Crippen LogP contribution is -2.40. The number of rotatable bonds is 7. The fraction of sp³-hybridized carbons (Fsp3) is 0.400. The van der Waals surface area contributed by atoms with Crippen molar-refractivity contribution in [2.75, 3.05) is 20.3 Å². The molecule has 9 heteroatoms. The van der Waals surface area contributed by atoms with Crippen molar-refractivity contribution in [3.05, 3.63) is 64.8 Å². The lowest BCUT2D eigenvalue weighted by atomic mass is 9.91. The van der Waals surface area contributed by atoms with Crippen LogP contribution in [0.1, 0.15) is 45.9 Å². The van der Waals surface area contributed by atoms with Gasteiger partial charge in [0.2, 0.25) is 0 Å². The lowest BCUT2D eigenvalue weighted by Gasteiger charge is -2.40. The van der Waals surface area contributed by atoms with Crippen molar-refractivity contribution in [1.29, 1.82) is 0 Å². The maximum atomic E-state index is 12.7. The van der Waals surface area contributed by atoms with Crippen molar-refractivity contribution in [3.8, 4) is 5.75 Å². The number of benzene rings is 2. The Morgan fingerprint density at radius 3 is 2.62 bits per heavy atom. The summed E-state index contributed by atoms with van der Waals surface area (Å²) in [5.74, 6) is -0.280. The van der Waals surface area contributed by atoms with E-state index in [9.17, 15) is 23.1 Å². The van der Waals surface area contributed by atoms with Crippen LogP contribution in [0.4, 0.5) is 13.2 Å². The van der Waals surface area contributed by atoms with E-state index in [1.54, 1.807) is 19.2 Å². The van der Waals surface area contributed by atoms with Crippen molar-refractivity contribution in [2.45, 2.75) is 44.6 Å². The van der Waals surface area contributed by atoms with Crippen LogP contribution < -0.4 is 4.74 Å². The van der Waals surface area contributed by atoms with E-state index in [-0.39, 0.29) is 11.6 Å². The number of nitrogens with one attached hydrogen (secondary N) is 1. The van der Waals surface area contributed by atoms with E-state index in [0.29, 0.717) is 25.9 Å². The Morgan fingerprint density at radius 1 is 1.24 bits per heavy atom. The van der Waals surface area contributed by atoms with Crippen molar-refractivity contribution in [2.24, 2.45) is 0 Å². The molecule has 1 saturated heterocycles. The number of methoxy groups -OCH3 is 1. The first-order valence-corrected chi connectivity index (χ1v) is 11.1. The smallest absolute Gasteiger partial charge is 0.411 e. The van der Waals surface area contributed by atoms with E-state index in [1.807, 2.05) is 25.3 Å². The molecule has 6 nitrogen and oxygen atoms in total. The molecular weight excluding hydrogens is 449 g/mol. The summed E-state index contributed by atoms with van der Waals surface area (Å²) in [7, 11) is 1.62. The second kappa shape index (κ2) is 9.68. The molecule has 0 aliphatic carbocycles. The van der Waals surface area contributed by atoms with Gasteiger partial charge in [-0.3, -0.25) is 4.90 Å². The number of carbonyl (C=O) groups is 1. The predicted octanol–water partition coefficient (Wildman–Crippen LogP) is 5.47. The number of halogens is 3. The third kappa shape index (κ3) is 5.20. The summed E-state index contributed by atoms with van der Waals surface area (Å²) in [4.78, 5) is 16.7. The second-order valence-corrected chi connectivity index (χ2v) is 8.63. The van der Waals surface area contributed by atoms with Crippen LogP contribution in [0.2, 0.25) is 0 Å². The zero-order chi connectivity index (χ0) is 24.5. The van der Waals surface area contributed by atoms with Gasteiger partial charge in [0.1, 0.15) is 12.4 Å². The molecule has 1 aliphatic heterocycles. The first-order chi connectivity index (χ1) is 16.2. The number of carboxylic acid groups (broad SMARTS) is 1. The summed E-state index contributed by atoms with van der Waals surface area (Å²) >= 11 is 0. The number of aromatic carboxylic acids is 1. The Hall–Kier alpha value is -3.04. The third-order valence-corrected chi connectivity index (χ3v) is 6.38. The molecule has 34 heavy (non-hydrogen) atoms. The SMILES string of the molecule is COc1cc(C)c2[nH]ccc2c1CN1CC[C@@H](OCC(F)(F)F)C[C@@H]1c1ccc(C(=O)O)cc1. The van der Waals surface area contributed by atoms with Crippen LogP contribution in [0, 0.1) is 6.92 Å². The quantitative estimate of drug-likeness (QED) is 0.473. The number of likely N-dealkylation sites (tertiary alicyclic amines) is 1. The van der Waals surface area contributed by atoms with Crippen LogP contribution in [0.3, 0.4) is 0 Å². The van der Waals surface area contributed by atoms with Gasteiger partial charge in [0.05, 0.1) is 18.8 Å². The number of aromatic amines is 1. The number of ether oxygens (including phenoxy) is 2. The first-order valence-electron chi connectivity index (χ1n) is 11.1. The van der Waals surface area contributed by atoms with Crippen molar-refractivity contribution < 1.29 is 32.5 Å². The molecule has 0 saturated carbocycles. The minimum atomic E-state index is -4.38. The maximum Gasteiger partial charge on any atom is 0.411 e. The zero-order valence-corrected chi connectivity index (χ0v) is 19.0. The number of piperidine rings is 1. The molecule has 3 aromatic rings. The van der Waals surface area contributed by atoms with E-state index in [0.717, 1.165) is 33.3 Å². The Morgan fingerprint density at radius 2 is 1.97 bits per heavy atom. The average molecular weight is 476 g/mol. The molecule has 0 unspecified atom stereocenters. The van der Waals surface area contributed by atoms with E-state index < -0.39 is 24.9 Å². The highest BCUT2D eigenvalue weighted by Gasteiger charge is 2.35. The number of hydrogen-bond acceptors (Lipinski definition) is 4. The monoisotopic (exact) mass is 476 g/mol. The average Bonchev–Trinajstić information content (AvgIpc) is 3.30. The molecule has 1 aromatic heterocycles. The fourth-order valence-corrected chi connectivity index (χ4v) is 4.71. The van der Waals surface area contributed by atoms with Crippen LogP contribution in [-0.4, -0.2) is 53.5 Å². The summed E-state index contributed by atoms with van der Waals surface area (Å²) in [6.45, 7) is 1.77. The van der Waals surface area contributed by atoms with Gasteiger partial charge < -0.3 is 19.6 Å². The number of carboxylic acids is 1. The van der Waals surface area contributed by atoms with E-state index in [4.69, 9.17) is 9.47 Å². The molecule has 0 spiro atoms. The van der Waals surface area contributed by atoms with Gasteiger partial charge in [0.15, 0.2) is 0 Å². The highest BCUT2D eigenvalue weighted by atomic mass is 19.4. The number of aryl methyl sites for hydroxylation is 1. The van der Waals surface area contributed by atoms with E-state index >= 15 is 0 Å².